The second kappa shape index (κ2) is 4.13. The molecule has 0 amide bonds. The van der Waals surface area contributed by atoms with E-state index in [1.807, 2.05) is 18.2 Å². The Morgan fingerprint density at radius 1 is 1.38 bits per heavy atom. The SMILES string of the molecule is Clc1ccc(-c2nc(C3CC3)cs2)cc1Br. The third-order valence-corrected chi connectivity index (χ3v) is 4.81. The Morgan fingerprint density at radius 2 is 2.19 bits per heavy atom. The third-order valence-electron chi connectivity index (χ3n) is 2.68. The van der Waals surface area contributed by atoms with Gasteiger partial charge in [-0.15, -0.1) is 11.3 Å². The average molecular weight is 315 g/mol. The summed E-state index contributed by atoms with van der Waals surface area (Å²) in [6.07, 6.45) is 2.60. The Morgan fingerprint density at radius 3 is 2.88 bits per heavy atom. The van der Waals surface area contributed by atoms with Gasteiger partial charge in [0.25, 0.3) is 0 Å². The summed E-state index contributed by atoms with van der Waals surface area (Å²) in [7, 11) is 0. The number of nitrogens with zero attached hydrogens (tertiary/aromatic N) is 1. The van der Waals surface area contributed by atoms with Crippen molar-refractivity contribution >= 4 is 38.9 Å². The van der Waals surface area contributed by atoms with Crippen molar-refractivity contribution in [3.8, 4) is 10.6 Å². The molecule has 0 bridgehead atoms. The van der Waals surface area contributed by atoms with E-state index in [2.05, 4.69) is 26.3 Å². The van der Waals surface area contributed by atoms with Crippen LogP contribution in [0.2, 0.25) is 5.02 Å². The lowest BCUT2D eigenvalue weighted by Gasteiger charge is -1.99. The van der Waals surface area contributed by atoms with Gasteiger partial charge in [0.2, 0.25) is 0 Å². The van der Waals surface area contributed by atoms with Crippen LogP contribution in [-0.2, 0) is 0 Å². The number of rotatable bonds is 2. The lowest BCUT2D eigenvalue weighted by atomic mass is 10.2. The smallest absolute Gasteiger partial charge is 0.123 e. The molecule has 2 aromatic rings. The predicted molar refractivity (Wildman–Crippen MR) is 72.2 cm³/mol. The van der Waals surface area contributed by atoms with Crippen LogP contribution in [0.25, 0.3) is 10.6 Å². The minimum atomic E-state index is 0.723. The highest BCUT2D eigenvalue weighted by Gasteiger charge is 2.26. The molecule has 0 N–H and O–H groups in total. The van der Waals surface area contributed by atoms with E-state index in [1.165, 1.54) is 18.5 Å². The molecule has 82 valence electrons. The molecular formula is C12H9BrClNS. The first-order valence-electron chi connectivity index (χ1n) is 5.15. The monoisotopic (exact) mass is 313 g/mol. The summed E-state index contributed by atoms with van der Waals surface area (Å²) in [5.41, 5.74) is 2.39. The molecule has 0 atom stereocenters. The van der Waals surface area contributed by atoms with Crippen molar-refractivity contribution in [3.63, 3.8) is 0 Å². The lowest BCUT2D eigenvalue weighted by Crippen LogP contribution is -1.80. The number of benzene rings is 1. The van der Waals surface area contributed by atoms with E-state index >= 15 is 0 Å². The molecule has 0 radical (unpaired) electrons. The van der Waals surface area contributed by atoms with E-state index in [0.29, 0.717) is 0 Å². The number of thiazole rings is 1. The Hall–Kier alpha value is -0.380. The van der Waals surface area contributed by atoms with Crippen LogP contribution < -0.4 is 0 Å². The molecule has 1 heterocycles. The van der Waals surface area contributed by atoms with E-state index < -0.39 is 0 Å². The van der Waals surface area contributed by atoms with Gasteiger partial charge >= 0.3 is 0 Å². The Kier molecular flexibility index (Phi) is 2.78. The van der Waals surface area contributed by atoms with Gasteiger partial charge in [0.15, 0.2) is 0 Å². The van der Waals surface area contributed by atoms with Crippen molar-refractivity contribution in [3.05, 3.63) is 38.8 Å². The van der Waals surface area contributed by atoms with E-state index in [9.17, 15) is 0 Å². The minimum Gasteiger partial charge on any atom is -0.241 e. The van der Waals surface area contributed by atoms with Crippen molar-refractivity contribution in [2.24, 2.45) is 0 Å². The van der Waals surface area contributed by atoms with Gasteiger partial charge < -0.3 is 0 Å². The largest absolute Gasteiger partial charge is 0.241 e. The third kappa shape index (κ3) is 2.04. The summed E-state index contributed by atoms with van der Waals surface area (Å²) in [5, 5.41) is 4.00. The standard InChI is InChI=1S/C12H9BrClNS/c13-9-5-8(3-4-10(9)14)12-15-11(6-16-12)7-1-2-7/h3-7H,1-2H2. The molecule has 1 aliphatic rings. The van der Waals surface area contributed by atoms with Crippen LogP contribution in [-0.4, -0.2) is 4.98 Å². The van der Waals surface area contributed by atoms with Gasteiger partial charge in [0, 0.05) is 21.3 Å². The molecule has 0 spiro atoms. The highest BCUT2D eigenvalue weighted by atomic mass is 79.9. The van der Waals surface area contributed by atoms with Gasteiger partial charge in [0.05, 0.1) is 10.7 Å². The first kappa shape index (κ1) is 10.8. The maximum Gasteiger partial charge on any atom is 0.123 e. The molecule has 1 aromatic heterocycles. The Bertz CT molecular complexity index is 534. The van der Waals surface area contributed by atoms with E-state index in [1.54, 1.807) is 11.3 Å². The second-order valence-corrected chi connectivity index (χ2v) is 6.10. The fourth-order valence-electron chi connectivity index (χ4n) is 1.61. The van der Waals surface area contributed by atoms with Gasteiger partial charge in [0.1, 0.15) is 5.01 Å². The molecule has 0 aliphatic heterocycles. The molecular weight excluding hydrogens is 306 g/mol. The topological polar surface area (TPSA) is 12.9 Å². The average Bonchev–Trinajstić information content (AvgIpc) is 3.01. The van der Waals surface area contributed by atoms with E-state index in [4.69, 9.17) is 11.6 Å². The quantitative estimate of drug-likeness (QED) is 0.751. The normalized spacial score (nSPS) is 15.4. The lowest BCUT2D eigenvalue weighted by molar-refractivity contribution is 1.05. The Balaban J connectivity index is 1.97. The van der Waals surface area contributed by atoms with E-state index in [0.717, 1.165) is 26.0 Å². The summed E-state index contributed by atoms with van der Waals surface area (Å²) in [4.78, 5) is 4.67. The van der Waals surface area contributed by atoms with E-state index in [-0.39, 0.29) is 0 Å². The number of aromatic nitrogens is 1. The molecule has 1 saturated carbocycles. The van der Waals surface area contributed by atoms with Crippen LogP contribution in [0.5, 0.6) is 0 Å². The predicted octanol–water partition coefficient (Wildman–Crippen LogP) is 5.10. The van der Waals surface area contributed by atoms with Crippen molar-refractivity contribution in [1.82, 2.24) is 4.98 Å². The zero-order chi connectivity index (χ0) is 11.1. The maximum atomic E-state index is 5.97. The van der Waals surface area contributed by atoms with Crippen LogP contribution >= 0.6 is 38.9 Å². The molecule has 0 unspecified atom stereocenters. The molecule has 1 fully saturated rings. The number of halogens is 2. The van der Waals surface area contributed by atoms with Crippen LogP contribution in [0.3, 0.4) is 0 Å². The van der Waals surface area contributed by atoms with Crippen molar-refractivity contribution < 1.29 is 0 Å². The van der Waals surface area contributed by atoms with Crippen LogP contribution in [0, 0.1) is 0 Å². The highest BCUT2D eigenvalue weighted by Crippen LogP contribution is 2.41. The first-order chi connectivity index (χ1) is 7.74. The second-order valence-electron chi connectivity index (χ2n) is 3.98. The number of hydrogen-bond acceptors (Lipinski definition) is 2. The fourth-order valence-corrected chi connectivity index (χ4v) is 3.01. The minimum absolute atomic E-state index is 0.723. The summed E-state index contributed by atoms with van der Waals surface area (Å²) < 4.78 is 0.926. The molecule has 16 heavy (non-hydrogen) atoms. The van der Waals surface area contributed by atoms with Crippen LogP contribution in [0.4, 0.5) is 0 Å². The van der Waals surface area contributed by atoms with Gasteiger partial charge in [-0.2, -0.15) is 0 Å². The van der Waals surface area contributed by atoms with Gasteiger partial charge in [-0.3, -0.25) is 0 Å². The summed E-state index contributed by atoms with van der Waals surface area (Å²) in [6, 6.07) is 5.94. The zero-order valence-corrected chi connectivity index (χ0v) is 11.6. The molecule has 1 aliphatic carbocycles. The van der Waals surface area contributed by atoms with Crippen molar-refractivity contribution in [2.75, 3.05) is 0 Å². The van der Waals surface area contributed by atoms with Crippen molar-refractivity contribution in [2.45, 2.75) is 18.8 Å². The summed E-state index contributed by atoms with van der Waals surface area (Å²) >= 11 is 11.1. The first-order valence-corrected chi connectivity index (χ1v) is 7.20. The Labute approximate surface area is 112 Å². The zero-order valence-electron chi connectivity index (χ0n) is 8.41. The van der Waals surface area contributed by atoms with Crippen LogP contribution in [0.15, 0.2) is 28.1 Å². The van der Waals surface area contributed by atoms with Gasteiger partial charge in [-0.25, -0.2) is 4.98 Å². The van der Waals surface area contributed by atoms with Crippen LogP contribution in [0.1, 0.15) is 24.5 Å². The molecule has 3 rings (SSSR count). The molecule has 4 heteroatoms. The van der Waals surface area contributed by atoms with Crippen molar-refractivity contribution in [1.29, 1.82) is 0 Å². The van der Waals surface area contributed by atoms with Gasteiger partial charge in [-0.05, 0) is 40.9 Å². The van der Waals surface area contributed by atoms with Gasteiger partial charge in [-0.1, -0.05) is 17.7 Å². The fraction of sp³-hybridized carbons (Fsp3) is 0.250. The molecule has 1 nitrogen and oxygen atoms in total. The highest BCUT2D eigenvalue weighted by molar-refractivity contribution is 9.10. The number of hydrogen-bond donors (Lipinski definition) is 0. The maximum absolute atomic E-state index is 5.97. The molecule has 0 saturated heterocycles. The summed E-state index contributed by atoms with van der Waals surface area (Å²) in [5.74, 6) is 0.723. The summed E-state index contributed by atoms with van der Waals surface area (Å²) in [6.45, 7) is 0. The molecule has 1 aromatic carbocycles.